The van der Waals surface area contributed by atoms with Crippen molar-refractivity contribution >= 4 is 5.78 Å². The van der Waals surface area contributed by atoms with Crippen LogP contribution in [0.4, 0.5) is 13.2 Å². The fraction of sp³-hybridized carbons (Fsp3) is 0.562. The van der Waals surface area contributed by atoms with Crippen LogP contribution in [-0.4, -0.2) is 29.8 Å². The second-order valence-electron chi connectivity index (χ2n) is 6.12. The first kappa shape index (κ1) is 14.6. The Balaban J connectivity index is 1.78. The number of carbonyl (C=O) groups excluding carboxylic acids is 1. The highest BCUT2D eigenvalue weighted by atomic mass is 19.3. The summed E-state index contributed by atoms with van der Waals surface area (Å²) in [5.41, 5.74) is -0.430. The number of benzene rings is 1. The molecule has 2 unspecified atom stereocenters. The molecular formula is C16H18F3NO. The number of nitrogens with zero attached hydrogens (tertiary/aromatic N) is 1. The lowest BCUT2D eigenvalue weighted by atomic mass is 9.85. The zero-order valence-corrected chi connectivity index (χ0v) is 11.9. The van der Waals surface area contributed by atoms with E-state index in [2.05, 4.69) is 11.9 Å². The van der Waals surface area contributed by atoms with E-state index in [1.54, 1.807) is 0 Å². The van der Waals surface area contributed by atoms with Crippen molar-refractivity contribution in [3.05, 3.63) is 35.1 Å². The molecule has 2 saturated heterocycles. The van der Waals surface area contributed by atoms with Crippen LogP contribution in [0.2, 0.25) is 0 Å². The maximum atomic E-state index is 13.6. The molecule has 0 aliphatic carbocycles. The van der Waals surface area contributed by atoms with Gasteiger partial charge in [0.2, 0.25) is 0 Å². The number of rotatable bonds is 3. The molecule has 2 nitrogen and oxygen atoms in total. The minimum atomic E-state index is -2.85. The predicted molar refractivity (Wildman–Crippen MR) is 73.0 cm³/mol. The lowest BCUT2D eigenvalue weighted by Gasteiger charge is -2.35. The zero-order valence-electron chi connectivity index (χ0n) is 11.9. The van der Waals surface area contributed by atoms with Gasteiger partial charge < -0.3 is 4.90 Å². The third kappa shape index (κ3) is 2.59. The Hall–Kier alpha value is -1.36. The number of hydrogen-bond donors (Lipinski definition) is 0. The molecule has 0 radical (unpaired) electrons. The number of alkyl halides is 2. The van der Waals surface area contributed by atoms with Crippen LogP contribution in [0.3, 0.4) is 0 Å². The van der Waals surface area contributed by atoms with Crippen molar-refractivity contribution in [2.45, 2.75) is 44.2 Å². The molecule has 2 fully saturated rings. The summed E-state index contributed by atoms with van der Waals surface area (Å²) in [5.74, 6) is -1.22. The molecule has 2 aliphatic rings. The van der Waals surface area contributed by atoms with Crippen molar-refractivity contribution in [1.29, 1.82) is 0 Å². The molecule has 0 spiro atoms. The van der Waals surface area contributed by atoms with E-state index < -0.39 is 17.8 Å². The number of carbonyl (C=O) groups is 1. The van der Waals surface area contributed by atoms with Gasteiger partial charge in [-0.2, -0.15) is 0 Å². The van der Waals surface area contributed by atoms with Crippen LogP contribution in [0.1, 0.15) is 48.0 Å². The van der Waals surface area contributed by atoms with Gasteiger partial charge in [-0.15, -0.1) is 0 Å². The third-order valence-electron chi connectivity index (χ3n) is 4.99. The first-order chi connectivity index (χ1) is 9.97. The van der Waals surface area contributed by atoms with E-state index in [4.69, 9.17) is 0 Å². The normalized spacial score (nSPS) is 29.1. The molecule has 0 aromatic heterocycles. The van der Waals surface area contributed by atoms with Crippen molar-refractivity contribution < 1.29 is 18.0 Å². The van der Waals surface area contributed by atoms with Gasteiger partial charge in [0, 0.05) is 23.6 Å². The number of hydrogen-bond acceptors (Lipinski definition) is 2. The van der Waals surface area contributed by atoms with Crippen LogP contribution in [0.25, 0.3) is 0 Å². The van der Waals surface area contributed by atoms with Crippen LogP contribution < -0.4 is 0 Å². The van der Waals surface area contributed by atoms with Gasteiger partial charge in [0.1, 0.15) is 5.82 Å². The highest BCUT2D eigenvalue weighted by molar-refractivity contribution is 5.98. The van der Waals surface area contributed by atoms with Crippen molar-refractivity contribution in [2.24, 2.45) is 5.92 Å². The average molecular weight is 297 g/mol. The Labute approximate surface area is 121 Å². The molecule has 2 atom stereocenters. The number of ketones is 1. The van der Waals surface area contributed by atoms with E-state index in [1.165, 1.54) is 6.07 Å². The molecule has 2 bridgehead atoms. The molecule has 0 amide bonds. The summed E-state index contributed by atoms with van der Waals surface area (Å²) >= 11 is 0. The number of piperidine rings is 1. The minimum Gasteiger partial charge on any atom is -0.300 e. The summed E-state index contributed by atoms with van der Waals surface area (Å²) in [5, 5.41) is 0. The standard InChI is InChI=1S/C16H18F3NO/c1-20-11-3-4-12(20)7-10(6-11)15(21)9-2-5-13(16(18)19)14(17)8-9/h2,5,8,10-12,16H,3-4,6-7H2,1H3. The lowest BCUT2D eigenvalue weighted by molar-refractivity contribution is 0.0766. The number of halogens is 3. The van der Waals surface area contributed by atoms with Crippen molar-refractivity contribution in [2.75, 3.05) is 7.05 Å². The second-order valence-corrected chi connectivity index (χ2v) is 6.12. The van der Waals surface area contributed by atoms with E-state index in [1.807, 2.05) is 0 Å². The van der Waals surface area contributed by atoms with Gasteiger partial charge in [-0.1, -0.05) is 6.07 Å². The SMILES string of the molecule is CN1C2CCC1CC(C(=O)c1ccc(C(F)F)c(F)c1)C2. The van der Waals surface area contributed by atoms with Gasteiger partial charge in [0.25, 0.3) is 6.43 Å². The van der Waals surface area contributed by atoms with Gasteiger partial charge in [-0.05, 0) is 44.9 Å². The van der Waals surface area contributed by atoms with Crippen LogP contribution in [0.5, 0.6) is 0 Å². The van der Waals surface area contributed by atoms with E-state index in [0.717, 1.165) is 37.8 Å². The predicted octanol–water partition coefficient (Wildman–Crippen LogP) is 3.82. The smallest absolute Gasteiger partial charge is 0.266 e. The number of Topliss-reactive ketones (excluding diaryl/α,β-unsaturated/α-hetero) is 1. The fourth-order valence-electron chi connectivity index (χ4n) is 3.72. The third-order valence-corrected chi connectivity index (χ3v) is 4.99. The summed E-state index contributed by atoms with van der Waals surface area (Å²) in [6.07, 6.45) is 0.912. The van der Waals surface area contributed by atoms with Crippen LogP contribution in [0.15, 0.2) is 18.2 Å². The van der Waals surface area contributed by atoms with Crippen molar-refractivity contribution in [3.8, 4) is 0 Å². The molecule has 5 heteroatoms. The molecule has 1 aromatic carbocycles. The van der Waals surface area contributed by atoms with Gasteiger partial charge >= 0.3 is 0 Å². The van der Waals surface area contributed by atoms with E-state index in [9.17, 15) is 18.0 Å². The van der Waals surface area contributed by atoms with Crippen LogP contribution in [-0.2, 0) is 0 Å². The molecule has 0 saturated carbocycles. The summed E-state index contributed by atoms with van der Waals surface area (Å²) in [6, 6.07) is 4.15. The molecule has 3 rings (SSSR count). The quantitative estimate of drug-likeness (QED) is 0.791. The highest BCUT2D eigenvalue weighted by Gasteiger charge is 2.41. The van der Waals surface area contributed by atoms with E-state index >= 15 is 0 Å². The molecule has 2 aliphatic heterocycles. The Morgan fingerprint density at radius 1 is 1.24 bits per heavy atom. The molecule has 1 aromatic rings. The lowest BCUT2D eigenvalue weighted by Crippen LogP contribution is -2.42. The summed E-state index contributed by atoms with van der Waals surface area (Å²) in [6.45, 7) is 0. The first-order valence-corrected chi connectivity index (χ1v) is 7.31. The van der Waals surface area contributed by atoms with E-state index in [-0.39, 0.29) is 17.3 Å². The minimum absolute atomic E-state index is 0.111. The largest absolute Gasteiger partial charge is 0.300 e. The van der Waals surface area contributed by atoms with Crippen LogP contribution >= 0.6 is 0 Å². The zero-order chi connectivity index (χ0) is 15.1. The van der Waals surface area contributed by atoms with Gasteiger partial charge in [0.05, 0.1) is 5.56 Å². The summed E-state index contributed by atoms with van der Waals surface area (Å²) in [4.78, 5) is 14.8. The Kier molecular flexibility index (Phi) is 3.78. The monoisotopic (exact) mass is 297 g/mol. The topological polar surface area (TPSA) is 20.3 Å². The van der Waals surface area contributed by atoms with Gasteiger partial charge in [-0.25, -0.2) is 13.2 Å². The molecule has 0 N–H and O–H groups in total. The number of fused-ring (bicyclic) bond motifs is 2. The van der Waals surface area contributed by atoms with Crippen molar-refractivity contribution in [3.63, 3.8) is 0 Å². The molecule has 114 valence electrons. The summed E-state index contributed by atoms with van der Waals surface area (Å²) in [7, 11) is 2.08. The highest BCUT2D eigenvalue weighted by Crippen LogP contribution is 2.38. The maximum absolute atomic E-state index is 13.6. The first-order valence-electron chi connectivity index (χ1n) is 7.31. The Morgan fingerprint density at radius 3 is 2.38 bits per heavy atom. The van der Waals surface area contributed by atoms with E-state index in [0.29, 0.717) is 12.1 Å². The second kappa shape index (κ2) is 5.44. The molecule has 21 heavy (non-hydrogen) atoms. The van der Waals surface area contributed by atoms with Gasteiger partial charge in [-0.3, -0.25) is 4.79 Å². The Bertz CT molecular complexity index is 546. The van der Waals surface area contributed by atoms with Gasteiger partial charge in [0.15, 0.2) is 5.78 Å². The molecular weight excluding hydrogens is 279 g/mol. The molecule has 2 heterocycles. The fourth-order valence-corrected chi connectivity index (χ4v) is 3.72. The van der Waals surface area contributed by atoms with Crippen molar-refractivity contribution in [1.82, 2.24) is 4.90 Å². The Morgan fingerprint density at radius 2 is 1.86 bits per heavy atom. The van der Waals surface area contributed by atoms with Crippen LogP contribution in [0, 0.1) is 11.7 Å². The maximum Gasteiger partial charge on any atom is 0.266 e. The summed E-state index contributed by atoms with van der Waals surface area (Å²) < 4.78 is 38.7. The average Bonchev–Trinajstić information content (AvgIpc) is 2.67.